The van der Waals surface area contributed by atoms with Crippen molar-refractivity contribution in [3.63, 3.8) is 0 Å². The average molecular weight is 236 g/mol. The molecular formula is C14H24N2O. The fourth-order valence-corrected chi connectivity index (χ4v) is 1.73. The fourth-order valence-electron chi connectivity index (χ4n) is 1.73. The van der Waals surface area contributed by atoms with Crippen LogP contribution in [0.25, 0.3) is 0 Å². The summed E-state index contributed by atoms with van der Waals surface area (Å²) in [6, 6.07) is 4.59. The van der Waals surface area contributed by atoms with Gasteiger partial charge in [0, 0.05) is 18.4 Å². The van der Waals surface area contributed by atoms with E-state index in [1.165, 1.54) is 5.56 Å². The topological polar surface area (TPSA) is 34.2 Å². The van der Waals surface area contributed by atoms with Gasteiger partial charge in [0.1, 0.15) is 0 Å². The van der Waals surface area contributed by atoms with Crippen LogP contribution in [0.4, 0.5) is 0 Å². The molecule has 0 aliphatic carbocycles. The van der Waals surface area contributed by atoms with Crippen molar-refractivity contribution in [3.05, 3.63) is 30.1 Å². The lowest BCUT2D eigenvalue weighted by atomic mass is 10.1. The molecule has 0 radical (unpaired) electrons. The Kier molecular flexibility index (Phi) is 6.82. The van der Waals surface area contributed by atoms with E-state index in [9.17, 15) is 0 Å². The number of aryl methyl sites for hydroxylation is 1. The lowest BCUT2D eigenvalue weighted by molar-refractivity contribution is 0.0599. The molecule has 0 amide bonds. The Morgan fingerprint density at radius 1 is 1.29 bits per heavy atom. The molecule has 1 rings (SSSR count). The van der Waals surface area contributed by atoms with E-state index in [2.05, 4.69) is 43.2 Å². The molecule has 0 aliphatic heterocycles. The van der Waals surface area contributed by atoms with E-state index in [1.807, 2.05) is 12.4 Å². The third-order valence-corrected chi connectivity index (χ3v) is 2.65. The highest BCUT2D eigenvalue weighted by Crippen LogP contribution is 2.05. The van der Waals surface area contributed by atoms with Crippen molar-refractivity contribution in [2.45, 2.75) is 45.8 Å². The standard InChI is InChI=1S/C14H24N2O/c1-4-16-14(11-17-12(2)3)6-5-13-7-9-15-10-8-13/h7-10,12,14,16H,4-6,11H2,1-3H3. The van der Waals surface area contributed by atoms with Gasteiger partial charge >= 0.3 is 0 Å². The van der Waals surface area contributed by atoms with E-state index in [4.69, 9.17) is 4.74 Å². The van der Waals surface area contributed by atoms with E-state index >= 15 is 0 Å². The summed E-state index contributed by atoms with van der Waals surface area (Å²) in [7, 11) is 0. The van der Waals surface area contributed by atoms with Crippen molar-refractivity contribution in [1.29, 1.82) is 0 Å². The van der Waals surface area contributed by atoms with Gasteiger partial charge in [-0.25, -0.2) is 0 Å². The smallest absolute Gasteiger partial charge is 0.0623 e. The molecule has 3 nitrogen and oxygen atoms in total. The number of likely N-dealkylation sites (N-methyl/N-ethyl adjacent to an activating group) is 1. The first kappa shape index (κ1) is 14.1. The third-order valence-electron chi connectivity index (χ3n) is 2.65. The highest BCUT2D eigenvalue weighted by Gasteiger charge is 2.08. The second-order valence-corrected chi connectivity index (χ2v) is 4.53. The van der Waals surface area contributed by atoms with Gasteiger partial charge in [0.2, 0.25) is 0 Å². The molecule has 0 fully saturated rings. The van der Waals surface area contributed by atoms with Crippen LogP contribution in [0.1, 0.15) is 32.8 Å². The van der Waals surface area contributed by atoms with Crippen LogP contribution >= 0.6 is 0 Å². The number of nitrogens with one attached hydrogen (secondary N) is 1. The van der Waals surface area contributed by atoms with Crippen LogP contribution < -0.4 is 5.32 Å². The number of hydrogen-bond acceptors (Lipinski definition) is 3. The van der Waals surface area contributed by atoms with Crippen LogP contribution in [-0.4, -0.2) is 30.3 Å². The van der Waals surface area contributed by atoms with Crippen LogP contribution in [0.2, 0.25) is 0 Å². The maximum Gasteiger partial charge on any atom is 0.0623 e. The minimum absolute atomic E-state index is 0.303. The first-order valence-electron chi connectivity index (χ1n) is 6.46. The van der Waals surface area contributed by atoms with E-state index in [0.717, 1.165) is 26.0 Å². The summed E-state index contributed by atoms with van der Waals surface area (Å²) in [4.78, 5) is 4.03. The number of ether oxygens (including phenoxy) is 1. The Hall–Kier alpha value is -0.930. The second-order valence-electron chi connectivity index (χ2n) is 4.53. The van der Waals surface area contributed by atoms with Crippen LogP contribution in [0.15, 0.2) is 24.5 Å². The van der Waals surface area contributed by atoms with Gasteiger partial charge < -0.3 is 10.1 Å². The quantitative estimate of drug-likeness (QED) is 0.752. The summed E-state index contributed by atoms with van der Waals surface area (Å²) >= 11 is 0. The normalized spacial score (nSPS) is 12.9. The van der Waals surface area contributed by atoms with E-state index in [0.29, 0.717) is 12.1 Å². The average Bonchev–Trinajstić information content (AvgIpc) is 2.34. The largest absolute Gasteiger partial charge is 0.377 e. The van der Waals surface area contributed by atoms with Crippen molar-refractivity contribution in [2.24, 2.45) is 0 Å². The molecule has 1 atom stereocenters. The van der Waals surface area contributed by atoms with E-state index < -0.39 is 0 Å². The molecule has 1 heterocycles. The van der Waals surface area contributed by atoms with Crippen molar-refractivity contribution in [2.75, 3.05) is 13.2 Å². The minimum atomic E-state index is 0.303. The Bertz CT molecular complexity index is 288. The summed E-state index contributed by atoms with van der Waals surface area (Å²) in [6.07, 6.45) is 6.17. The summed E-state index contributed by atoms with van der Waals surface area (Å²) in [6.45, 7) is 8.06. The van der Waals surface area contributed by atoms with Gasteiger partial charge in [0.15, 0.2) is 0 Å². The molecule has 0 bridgehead atoms. The Labute approximate surface area is 105 Å². The molecule has 0 saturated heterocycles. The first-order valence-corrected chi connectivity index (χ1v) is 6.46. The van der Waals surface area contributed by atoms with Gasteiger partial charge in [0.25, 0.3) is 0 Å². The van der Waals surface area contributed by atoms with Gasteiger partial charge in [-0.05, 0) is 50.9 Å². The van der Waals surface area contributed by atoms with Gasteiger partial charge in [0.05, 0.1) is 12.7 Å². The molecular weight excluding hydrogens is 212 g/mol. The minimum Gasteiger partial charge on any atom is -0.377 e. The Morgan fingerprint density at radius 2 is 2.00 bits per heavy atom. The van der Waals surface area contributed by atoms with E-state index in [1.54, 1.807) is 0 Å². The zero-order valence-electron chi connectivity index (χ0n) is 11.1. The number of rotatable bonds is 8. The first-order chi connectivity index (χ1) is 8.22. The summed E-state index contributed by atoms with van der Waals surface area (Å²) < 4.78 is 5.67. The van der Waals surface area contributed by atoms with Gasteiger partial charge in [-0.3, -0.25) is 4.98 Å². The Balaban J connectivity index is 2.33. The zero-order chi connectivity index (χ0) is 12.5. The van der Waals surface area contributed by atoms with Crippen molar-refractivity contribution < 1.29 is 4.74 Å². The summed E-state index contributed by atoms with van der Waals surface area (Å²) in [5, 5.41) is 3.47. The van der Waals surface area contributed by atoms with Crippen molar-refractivity contribution >= 4 is 0 Å². The van der Waals surface area contributed by atoms with Gasteiger partial charge in [-0.15, -0.1) is 0 Å². The van der Waals surface area contributed by atoms with Crippen LogP contribution in [0, 0.1) is 0 Å². The lowest BCUT2D eigenvalue weighted by Gasteiger charge is -2.19. The summed E-state index contributed by atoms with van der Waals surface area (Å²) in [5.74, 6) is 0. The molecule has 1 aromatic rings. The van der Waals surface area contributed by atoms with Crippen LogP contribution in [0.5, 0.6) is 0 Å². The number of hydrogen-bond donors (Lipinski definition) is 1. The molecule has 3 heteroatoms. The second kappa shape index (κ2) is 8.20. The number of nitrogens with zero attached hydrogens (tertiary/aromatic N) is 1. The third kappa shape index (κ3) is 6.39. The van der Waals surface area contributed by atoms with Crippen LogP contribution in [-0.2, 0) is 11.2 Å². The lowest BCUT2D eigenvalue weighted by Crippen LogP contribution is -2.34. The van der Waals surface area contributed by atoms with Gasteiger partial charge in [-0.2, -0.15) is 0 Å². The fraction of sp³-hybridized carbons (Fsp3) is 0.643. The summed E-state index contributed by atoms with van der Waals surface area (Å²) in [5.41, 5.74) is 1.34. The molecule has 0 saturated carbocycles. The highest BCUT2D eigenvalue weighted by molar-refractivity contribution is 5.09. The van der Waals surface area contributed by atoms with Crippen molar-refractivity contribution in [1.82, 2.24) is 10.3 Å². The zero-order valence-corrected chi connectivity index (χ0v) is 11.1. The molecule has 1 N–H and O–H groups in total. The van der Waals surface area contributed by atoms with Crippen molar-refractivity contribution in [3.8, 4) is 0 Å². The molecule has 1 unspecified atom stereocenters. The van der Waals surface area contributed by atoms with Gasteiger partial charge in [-0.1, -0.05) is 6.92 Å². The predicted molar refractivity (Wildman–Crippen MR) is 71.1 cm³/mol. The molecule has 0 spiro atoms. The highest BCUT2D eigenvalue weighted by atomic mass is 16.5. The monoisotopic (exact) mass is 236 g/mol. The molecule has 0 aromatic carbocycles. The SMILES string of the molecule is CCNC(CCc1ccncc1)COC(C)C. The van der Waals surface area contributed by atoms with Crippen LogP contribution in [0.3, 0.4) is 0 Å². The number of pyridine rings is 1. The predicted octanol–water partition coefficient (Wildman–Crippen LogP) is 2.42. The molecule has 0 aliphatic rings. The maximum absolute atomic E-state index is 5.67. The Morgan fingerprint density at radius 3 is 2.59 bits per heavy atom. The molecule has 17 heavy (non-hydrogen) atoms. The molecule has 96 valence electrons. The molecule has 1 aromatic heterocycles. The van der Waals surface area contributed by atoms with E-state index in [-0.39, 0.29) is 0 Å². The maximum atomic E-state index is 5.67. The number of aromatic nitrogens is 1.